The number of fused-ring (bicyclic) bond motifs is 1. The molecule has 0 atom stereocenters. The molecule has 3 N–H and O–H groups in total. The predicted octanol–water partition coefficient (Wildman–Crippen LogP) is 7.88. The van der Waals surface area contributed by atoms with E-state index in [1.165, 1.54) is 24.3 Å². The van der Waals surface area contributed by atoms with Gasteiger partial charge in [-0.2, -0.15) is 23.8 Å². The summed E-state index contributed by atoms with van der Waals surface area (Å²) in [7, 11) is -4.27. The van der Waals surface area contributed by atoms with Gasteiger partial charge in [0, 0.05) is 16.6 Å². The predicted molar refractivity (Wildman–Crippen MR) is 151 cm³/mol. The smallest absolute Gasteiger partial charge is 0.294 e. The molecule has 0 heterocycles. The highest BCUT2D eigenvalue weighted by Crippen LogP contribution is 2.37. The second-order valence-corrected chi connectivity index (χ2v) is 10.00. The molecule has 5 rings (SSSR count). The standard InChI is InChI=1S/C29H21N5O5S/c35-28-26-16-13-24(30-29(36)19-4-2-1-3-5-19)18-20(26)6-17-27(28)34-33-22-9-7-21(8-10-22)31-32-23-11-14-25(15-12-23)40(37,38)39/h1-18,35H,(H,30,36)(H,37,38,39). The topological polar surface area (TPSA) is 153 Å². The second kappa shape index (κ2) is 11.2. The Kier molecular flexibility index (Phi) is 7.40. The average Bonchev–Trinajstić information content (AvgIpc) is 2.96. The molecule has 10 nitrogen and oxygen atoms in total. The van der Waals surface area contributed by atoms with E-state index in [0.717, 1.165) is 5.39 Å². The van der Waals surface area contributed by atoms with Gasteiger partial charge in [-0.3, -0.25) is 9.35 Å². The molecule has 0 unspecified atom stereocenters. The number of amides is 1. The van der Waals surface area contributed by atoms with Crippen LogP contribution in [0.15, 0.2) is 135 Å². The van der Waals surface area contributed by atoms with Crippen LogP contribution in [0, 0.1) is 0 Å². The van der Waals surface area contributed by atoms with Gasteiger partial charge < -0.3 is 10.4 Å². The normalized spacial score (nSPS) is 11.8. The summed E-state index contributed by atoms with van der Waals surface area (Å²) in [4.78, 5) is 12.2. The summed E-state index contributed by atoms with van der Waals surface area (Å²) in [5.41, 5.74) is 2.89. The number of hydrogen-bond acceptors (Lipinski definition) is 8. The maximum absolute atomic E-state index is 12.4. The van der Waals surface area contributed by atoms with Crippen LogP contribution in [0.25, 0.3) is 10.8 Å². The SMILES string of the molecule is O=C(Nc1ccc2c(O)c(N=Nc3ccc(N=Nc4ccc(S(=O)(=O)O)cc4)cc3)ccc2c1)c1ccccc1. The molecule has 0 aliphatic carbocycles. The number of azo groups is 2. The van der Waals surface area contributed by atoms with Crippen LogP contribution in [-0.2, 0) is 10.1 Å². The highest BCUT2D eigenvalue weighted by Gasteiger charge is 2.10. The Morgan fingerprint density at radius 2 is 1.25 bits per heavy atom. The van der Waals surface area contributed by atoms with Crippen molar-refractivity contribution in [2.45, 2.75) is 4.90 Å². The fourth-order valence-corrected chi connectivity index (χ4v) is 4.23. The van der Waals surface area contributed by atoms with Crippen LogP contribution in [0.2, 0.25) is 0 Å². The van der Waals surface area contributed by atoms with Crippen LogP contribution in [0.1, 0.15) is 10.4 Å². The zero-order chi connectivity index (χ0) is 28.1. The lowest BCUT2D eigenvalue weighted by molar-refractivity contribution is 0.102. The molecule has 198 valence electrons. The van der Waals surface area contributed by atoms with Crippen LogP contribution in [-0.4, -0.2) is 24.0 Å². The first-order valence-corrected chi connectivity index (χ1v) is 13.3. The lowest BCUT2D eigenvalue weighted by atomic mass is 10.1. The number of phenolic OH excluding ortho intramolecular Hbond substituents is 1. The third-order valence-electron chi connectivity index (χ3n) is 5.80. The molecule has 5 aromatic rings. The maximum Gasteiger partial charge on any atom is 0.294 e. The zero-order valence-electron chi connectivity index (χ0n) is 20.7. The molecule has 0 saturated carbocycles. The van der Waals surface area contributed by atoms with Crippen LogP contribution < -0.4 is 5.32 Å². The summed E-state index contributed by atoms with van der Waals surface area (Å²) >= 11 is 0. The monoisotopic (exact) mass is 551 g/mol. The number of carbonyl (C=O) groups is 1. The number of carbonyl (C=O) groups excluding carboxylic acids is 1. The van der Waals surface area contributed by atoms with E-state index in [0.29, 0.717) is 33.7 Å². The molecule has 0 aromatic heterocycles. The summed E-state index contributed by atoms with van der Waals surface area (Å²) in [5.74, 6) is -0.260. The quantitative estimate of drug-likeness (QED) is 0.139. The number of hydrogen-bond donors (Lipinski definition) is 3. The van der Waals surface area contributed by atoms with Crippen LogP contribution in [0.4, 0.5) is 28.4 Å². The molecular formula is C29H21N5O5S. The summed E-state index contributed by atoms with van der Waals surface area (Å²) in [6, 6.07) is 29.5. The highest BCUT2D eigenvalue weighted by molar-refractivity contribution is 7.85. The molecule has 40 heavy (non-hydrogen) atoms. The Hall–Kier alpha value is -5.26. The lowest BCUT2D eigenvalue weighted by Gasteiger charge is -2.08. The van der Waals surface area contributed by atoms with E-state index >= 15 is 0 Å². The minimum Gasteiger partial charge on any atom is -0.505 e. The third kappa shape index (κ3) is 6.23. The van der Waals surface area contributed by atoms with E-state index in [9.17, 15) is 18.3 Å². The first kappa shape index (κ1) is 26.4. The first-order valence-electron chi connectivity index (χ1n) is 11.9. The van der Waals surface area contributed by atoms with Gasteiger partial charge in [0.25, 0.3) is 16.0 Å². The Morgan fingerprint density at radius 1 is 0.675 bits per heavy atom. The van der Waals surface area contributed by atoms with Gasteiger partial charge in [0.05, 0.1) is 22.0 Å². The van der Waals surface area contributed by atoms with Crippen molar-refractivity contribution in [2.24, 2.45) is 20.5 Å². The number of anilines is 1. The van der Waals surface area contributed by atoms with Crippen molar-refractivity contribution in [3.05, 3.63) is 115 Å². The van der Waals surface area contributed by atoms with E-state index in [2.05, 4.69) is 25.8 Å². The van der Waals surface area contributed by atoms with Crippen molar-refractivity contribution >= 4 is 55.2 Å². The molecule has 1 amide bonds. The Labute approximate surface area is 229 Å². The summed E-state index contributed by atoms with van der Waals surface area (Å²) < 4.78 is 31.3. The fraction of sp³-hybridized carbons (Fsp3) is 0. The van der Waals surface area contributed by atoms with Gasteiger partial charge >= 0.3 is 0 Å². The third-order valence-corrected chi connectivity index (χ3v) is 6.67. The Morgan fingerprint density at radius 3 is 1.85 bits per heavy atom. The number of nitrogens with zero attached hydrogens (tertiary/aromatic N) is 4. The second-order valence-electron chi connectivity index (χ2n) is 8.57. The van der Waals surface area contributed by atoms with Crippen molar-refractivity contribution in [1.29, 1.82) is 0 Å². The zero-order valence-corrected chi connectivity index (χ0v) is 21.5. The van der Waals surface area contributed by atoms with Crippen molar-refractivity contribution in [1.82, 2.24) is 0 Å². The minimum atomic E-state index is -4.27. The van der Waals surface area contributed by atoms with Crippen molar-refractivity contribution in [3.8, 4) is 5.75 Å². The number of phenols is 1. The largest absolute Gasteiger partial charge is 0.505 e. The molecule has 11 heteroatoms. The van der Waals surface area contributed by atoms with E-state index in [1.54, 1.807) is 78.9 Å². The Balaban J connectivity index is 1.26. The van der Waals surface area contributed by atoms with Gasteiger partial charge in [-0.05, 0) is 90.3 Å². The number of rotatable bonds is 7. The highest BCUT2D eigenvalue weighted by atomic mass is 32.2. The number of aromatic hydroxyl groups is 1. The van der Waals surface area contributed by atoms with Crippen molar-refractivity contribution in [3.63, 3.8) is 0 Å². The van der Waals surface area contributed by atoms with Gasteiger partial charge in [0.15, 0.2) is 5.75 Å². The Bertz CT molecular complexity index is 1860. The number of nitrogens with one attached hydrogen (secondary N) is 1. The fourth-order valence-electron chi connectivity index (χ4n) is 3.75. The number of benzene rings is 5. The molecule has 0 bridgehead atoms. The molecule has 0 spiro atoms. The van der Waals surface area contributed by atoms with Gasteiger partial charge in [0.1, 0.15) is 5.69 Å². The minimum absolute atomic E-state index is 0.0346. The summed E-state index contributed by atoms with van der Waals surface area (Å²) in [5, 5.41) is 31.4. The molecule has 0 aliphatic rings. The molecule has 5 aromatic carbocycles. The van der Waals surface area contributed by atoms with E-state index < -0.39 is 10.1 Å². The first-order chi connectivity index (χ1) is 19.3. The van der Waals surface area contributed by atoms with Gasteiger partial charge in [0.2, 0.25) is 0 Å². The van der Waals surface area contributed by atoms with Gasteiger partial charge in [-0.25, -0.2) is 0 Å². The van der Waals surface area contributed by atoms with Crippen molar-refractivity contribution < 1.29 is 22.9 Å². The maximum atomic E-state index is 12.4. The van der Waals surface area contributed by atoms with E-state index in [4.69, 9.17) is 4.55 Å². The molecular weight excluding hydrogens is 530 g/mol. The van der Waals surface area contributed by atoms with Gasteiger partial charge in [-0.15, -0.1) is 5.11 Å². The van der Waals surface area contributed by atoms with Crippen LogP contribution >= 0.6 is 0 Å². The molecule has 0 aliphatic heterocycles. The van der Waals surface area contributed by atoms with E-state index in [-0.39, 0.29) is 22.2 Å². The summed E-state index contributed by atoms with van der Waals surface area (Å²) in [6.45, 7) is 0. The lowest BCUT2D eigenvalue weighted by Crippen LogP contribution is -2.11. The molecule has 0 saturated heterocycles. The molecule has 0 radical (unpaired) electrons. The molecule has 0 fully saturated rings. The summed E-state index contributed by atoms with van der Waals surface area (Å²) in [6.07, 6.45) is 0. The van der Waals surface area contributed by atoms with Crippen LogP contribution in [0.3, 0.4) is 0 Å². The van der Waals surface area contributed by atoms with Crippen molar-refractivity contribution in [2.75, 3.05) is 5.32 Å². The average molecular weight is 552 g/mol. The van der Waals surface area contributed by atoms with E-state index in [1.807, 2.05) is 6.07 Å². The van der Waals surface area contributed by atoms with Gasteiger partial charge in [-0.1, -0.05) is 24.3 Å². The van der Waals surface area contributed by atoms with Crippen LogP contribution in [0.5, 0.6) is 5.75 Å².